The van der Waals surface area contributed by atoms with Gasteiger partial charge in [0.15, 0.2) is 5.82 Å². The predicted octanol–water partition coefficient (Wildman–Crippen LogP) is 4.03. The number of carbonyl (C=O) groups is 1. The second kappa shape index (κ2) is 7.04. The minimum absolute atomic E-state index is 0.0225. The van der Waals surface area contributed by atoms with E-state index in [9.17, 15) is 13.6 Å². The molecule has 1 N–H and O–H groups in total. The molecule has 0 heterocycles. The van der Waals surface area contributed by atoms with E-state index in [0.29, 0.717) is 5.75 Å². The number of hydrogen-bond acceptors (Lipinski definition) is 2. The van der Waals surface area contributed by atoms with Gasteiger partial charge in [-0.2, -0.15) is 0 Å². The number of rotatable bonds is 5. The first-order valence-corrected chi connectivity index (χ1v) is 6.56. The summed E-state index contributed by atoms with van der Waals surface area (Å²) in [4.78, 5) is 11.7. The van der Waals surface area contributed by atoms with Gasteiger partial charge in [0.05, 0.1) is 23.7 Å². The largest absolute Gasteiger partial charge is 0.493 e. The number of halogens is 3. The van der Waals surface area contributed by atoms with Gasteiger partial charge in [-0.05, 0) is 36.4 Å². The lowest BCUT2D eigenvalue weighted by atomic mass is 10.3. The van der Waals surface area contributed by atoms with E-state index in [2.05, 4.69) is 5.32 Å². The Balaban J connectivity index is 1.82. The van der Waals surface area contributed by atoms with Gasteiger partial charge in [-0.3, -0.25) is 4.79 Å². The Labute approximate surface area is 125 Å². The summed E-state index contributed by atoms with van der Waals surface area (Å²) in [5.74, 6) is -0.986. The number of nitrogens with one attached hydrogen (secondary N) is 1. The molecule has 21 heavy (non-hydrogen) atoms. The van der Waals surface area contributed by atoms with E-state index >= 15 is 0 Å². The van der Waals surface area contributed by atoms with Crippen LogP contribution in [0.15, 0.2) is 42.5 Å². The lowest BCUT2D eigenvalue weighted by Gasteiger charge is -2.08. The number of anilines is 1. The van der Waals surface area contributed by atoms with Gasteiger partial charge in [0.1, 0.15) is 11.6 Å². The van der Waals surface area contributed by atoms with Crippen LogP contribution < -0.4 is 10.1 Å². The Morgan fingerprint density at radius 2 is 1.86 bits per heavy atom. The molecular weight excluding hydrogens is 300 g/mol. The van der Waals surface area contributed by atoms with Crippen molar-refractivity contribution >= 4 is 23.2 Å². The molecule has 0 atom stereocenters. The fourth-order valence-electron chi connectivity index (χ4n) is 1.61. The lowest BCUT2D eigenvalue weighted by Crippen LogP contribution is -2.16. The zero-order chi connectivity index (χ0) is 15.2. The van der Waals surface area contributed by atoms with Gasteiger partial charge >= 0.3 is 0 Å². The van der Waals surface area contributed by atoms with Crippen molar-refractivity contribution in [1.82, 2.24) is 0 Å². The predicted molar refractivity (Wildman–Crippen MR) is 76.6 cm³/mol. The molecule has 0 aliphatic heterocycles. The second-order valence-electron chi connectivity index (χ2n) is 4.20. The summed E-state index contributed by atoms with van der Waals surface area (Å²) < 4.78 is 31.5. The van der Waals surface area contributed by atoms with Crippen LogP contribution in [0.25, 0.3) is 0 Å². The number of carbonyl (C=O) groups excluding carboxylic acids is 1. The molecule has 2 rings (SSSR count). The molecule has 0 aliphatic carbocycles. The topological polar surface area (TPSA) is 38.3 Å². The van der Waals surface area contributed by atoms with Crippen LogP contribution in [0.2, 0.25) is 5.02 Å². The van der Waals surface area contributed by atoms with Gasteiger partial charge < -0.3 is 10.1 Å². The smallest absolute Gasteiger partial charge is 0.227 e. The standard InChI is InChI=1S/C15H12ClF2NO2/c16-12-2-1-3-13(15(12)18)19-14(20)8-9-21-11-6-4-10(17)5-7-11/h1-7H,8-9H2,(H,19,20). The van der Waals surface area contributed by atoms with Gasteiger partial charge in [0.25, 0.3) is 0 Å². The average Bonchev–Trinajstić information content (AvgIpc) is 2.46. The molecule has 0 saturated carbocycles. The number of ether oxygens (including phenoxy) is 1. The highest BCUT2D eigenvalue weighted by molar-refractivity contribution is 6.31. The van der Waals surface area contributed by atoms with Crippen molar-refractivity contribution in [1.29, 1.82) is 0 Å². The molecule has 0 fully saturated rings. The maximum Gasteiger partial charge on any atom is 0.227 e. The van der Waals surface area contributed by atoms with Crippen LogP contribution in [-0.2, 0) is 4.79 Å². The van der Waals surface area contributed by atoms with Crippen LogP contribution in [0.5, 0.6) is 5.75 Å². The van der Waals surface area contributed by atoms with Crippen molar-refractivity contribution in [3.05, 3.63) is 59.1 Å². The number of hydrogen-bond donors (Lipinski definition) is 1. The molecule has 2 aromatic carbocycles. The third-order valence-electron chi connectivity index (χ3n) is 2.64. The van der Waals surface area contributed by atoms with Crippen molar-refractivity contribution < 1.29 is 18.3 Å². The van der Waals surface area contributed by atoms with Crippen molar-refractivity contribution in [2.45, 2.75) is 6.42 Å². The average molecular weight is 312 g/mol. The minimum Gasteiger partial charge on any atom is -0.493 e. The fourth-order valence-corrected chi connectivity index (χ4v) is 1.78. The van der Waals surface area contributed by atoms with E-state index in [0.717, 1.165) is 0 Å². The van der Waals surface area contributed by atoms with E-state index in [1.165, 1.54) is 42.5 Å². The summed E-state index contributed by atoms with van der Waals surface area (Å²) in [5.41, 5.74) is 0.0225. The SMILES string of the molecule is O=C(CCOc1ccc(F)cc1)Nc1cccc(Cl)c1F. The van der Waals surface area contributed by atoms with E-state index < -0.39 is 11.7 Å². The van der Waals surface area contributed by atoms with Crippen LogP contribution in [0, 0.1) is 11.6 Å². The molecule has 0 aliphatic rings. The summed E-state index contributed by atoms with van der Waals surface area (Å²) in [5, 5.41) is 2.35. The van der Waals surface area contributed by atoms with E-state index in [1.807, 2.05) is 0 Å². The first-order valence-electron chi connectivity index (χ1n) is 6.18. The highest BCUT2D eigenvalue weighted by Crippen LogP contribution is 2.22. The highest BCUT2D eigenvalue weighted by Gasteiger charge is 2.09. The van der Waals surface area contributed by atoms with Crippen LogP contribution >= 0.6 is 11.6 Å². The first kappa shape index (κ1) is 15.3. The Morgan fingerprint density at radius 3 is 2.57 bits per heavy atom. The van der Waals surface area contributed by atoms with Crippen molar-refractivity contribution in [3.63, 3.8) is 0 Å². The summed E-state index contributed by atoms with van der Waals surface area (Å²) in [6, 6.07) is 9.79. The molecule has 0 radical (unpaired) electrons. The molecule has 0 bridgehead atoms. The van der Waals surface area contributed by atoms with Crippen molar-refractivity contribution in [2.75, 3.05) is 11.9 Å². The van der Waals surface area contributed by atoms with Gasteiger partial charge in [0.2, 0.25) is 5.91 Å². The van der Waals surface area contributed by atoms with E-state index in [4.69, 9.17) is 16.3 Å². The second-order valence-corrected chi connectivity index (χ2v) is 4.61. The van der Waals surface area contributed by atoms with Gasteiger partial charge in [0, 0.05) is 0 Å². The molecule has 1 amide bonds. The molecule has 0 spiro atoms. The monoisotopic (exact) mass is 311 g/mol. The normalized spacial score (nSPS) is 10.2. The first-order chi connectivity index (χ1) is 10.1. The third kappa shape index (κ3) is 4.43. The third-order valence-corrected chi connectivity index (χ3v) is 2.93. The van der Waals surface area contributed by atoms with Crippen molar-refractivity contribution in [2.24, 2.45) is 0 Å². The number of benzene rings is 2. The van der Waals surface area contributed by atoms with Crippen LogP contribution in [0.3, 0.4) is 0 Å². The van der Waals surface area contributed by atoms with Gasteiger partial charge in [-0.1, -0.05) is 17.7 Å². The van der Waals surface area contributed by atoms with Gasteiger partial charge in [-0.25, -0.2) is 8.78 Å². The molecule has 110 valence electrons. The van der Waals surface area contributed by atoms with Crippen LogP contribution in [0.4, 0.5) is 14.5 Å². The molecule has 0 aromatic heterocycles. The van der Waals surface area contributed by atoms with E-state index in [-0.39, 0.29) is 29.6 Å². The lowest BCUT2D eigenvalue weighted by molar-refractivity contribution is -0.116. The maximum atomic E-state index is 13.6. The zero-order valence-electron chi connectivity index (χ0n) is 10.9. The highest BCUT2D eigenvalue weighted by atomic mass is 35.5. The Bertz CT molecular complexity index is 632. The molecular formula is C15H12ClF2NO2. The summed E-state index contributed by atoms with van der Waals surface area (Å²) in [6.07, 6.45) is 0.0311. The molecule has 2 aromatic rings. The molecule has 0 unspecified atom stereocenters. The van der Waals surface area contributed by atoms with Gasteiger partial charge in [-0.15, -0.1) is 0 Å². The van der Waals surface area contributed by atoms with E-state index in [1.54, 1.807) is 0 Å². The zero-order valence-corrected chi connectivity index (χ0v) is 11.7. The number of amides is 1. The fraction of sp³-hybridized carbons (Fsp3) is 0.133. The Hall–Kier alpha value is -2.14. The Kier molecular flexibility index (Phi) is 5.11. The van der Waals surface area contributed by atoms with Crippen LogP contribution in [-0.4, -0.2) is 12.5 Å². The molecule has 6 heteroatoms. The maximum absolute atomic E-state index is 13.6. The van der Waals surface area contributed by atoms with Crippen LogP contribution in [0.1, 0.15) is 6.42 Å². The summed E-state index contributed by atoms with van der Waals surface area (Å²) in [6.45, 7) is 0.0969. The minimum atomic E-state index is -0.674. The molecule has 3 nitrogen and oxygen atoms in total. The summed E-state index contributed by atoms with van der Waals surface area (Å²) >= 11 is 5.61. The quantitative estimate of drug-likeness (QED) is 0.905. The summed E-state index contributed by atoms with van der Waals surface area (Å²) in [7, 11) is 0. The molecule has 0 saturated heterocycles. The Morgan fingerprint density at radius 1 is 1.14 bits per heavy atom. The van der Waals surface area contributed by atoms with Crippen molar-refractivity contribution in [3.8, 4) is 5.75 Å².